The summed E-state index contributed by atoms with van der Waals surface area (Å²) in [5, 5.41) is 17.9. The zero-order valence-electron chi connectivity index (χ0n) is 7.27. The molecule has 0 saturated heterocycles. The number of ether oxygens (including phenoxy) is 1. The van der Waals surface area contributed by atoms with Crippen LogP contribution in [-0.4, -0.2) is 29.3 Å². The van der Waals surface area contributed by atoms with E-state index in [0.29, 0.717) is 6.54 Å². The van der Waals surface area contributed by atoms with Crippen molar-refractivity contribution in [1.82, 2.24) is 4.98 Å². The van der Waals surface area contributed by atoms with E-state index < -0.39 is 7.12 Å². The molecule has 5 nitrogen and oxygen atoms in total. The molecule has 0 atom stereocenters. The molecular formula is C7H11BN2O3. The second kappa shape index (κ2) is 4.22. The third-order valence-electron chi connectivity index (χ3n) is 1.64. The highest BCUT2D eigenvalue weighted by atomic mass is 16.5. The Morgan fingerprint density at radius 2 is 2.31 bits per heavy atom. The fourth-order valence-electron chi connectivity index (χ4n) is 0.982. The second-order valence-corrected chi connectivity index (χ2v) is 2.52. The monoisotopic (exact) mass is 182 g/mol. The van der Waals surface area contributed by atoms with Gasteiger partial charge in [-0.05, 0) is 5.56 Å². The molecule has 0 saturated carbocycles. The highest BCUT2D eigenvalue weighted by Gasteiger charge is 2.18. The van der Waals surface area contributed by atoms with Crippen molar-refractivity contribution in [3.8, 4) is 5.88 Å². The number of nitrogens with two attached hydrogens (primary N) is 1. The Labute approximate surface area is 76.3 Å². The van der Waals surface area contributed by atoms with Crippen LogP contribution in [0.1, 0.15) is 5.56 Å². The summed E-state index contributed by atoms with van der Waals surface area (Å²) >= 11 is 0. The first-order chi connectivity index (χ1) is 6.19. The molecule has 70 valence electrons. The summed E-state index contributed by atoms with van der Waals surface area (Å²) < 4.78 is 4.83. The maximum atomic E-state index is 8.95. The molecule has 0 aromatic carbocycles. The van der Waals surface area contributed by atoms with Crippen molar-refractivity contribution in [2.75, 3.05) is 7.11 Å². The van der Waals surface area contributed by atoms with Crippen molar-refractivity contribution in [3.63, 3.8) is 0 Å². The van der Waals surface area contributed by atoms with Crippen LogP contribution in [0.15, 0.2) is 12.3 Å². The second-order valence-electron chi connectivity index (χ2n) is 2.52. The number of rotatable bonds is 3. The van der Waals surface area contributed by atoms with Gasteiger partial charge in [0.15, 0.2) is 0 Å². The molecular weight excluding hydrogens is 171 g/mol. The first-order valence-electron chi connectivity index (χ1n) is 3.78. The standard InChI is InChI=1S/C7H11BN2O3/c1-13-7-6(8(11)12)2-5(3-9)4-10-7/h2,4,11-12H,3,9H2,1H3. The molecule has 6 heteroatoms. The Morgan fingerprint density at radius 3 is 2.77 bits per heavy atom. The molecule has 0 unspecified atom stereocenters. The number of methoxy groups -OCH3 is 1. The first kappa shape index (κ1) is 9.98. The summed E-state index contributed by atoms with van der Waals surface area (Å²) in [4.78, 5) is 3.87. The third-order valence-corrected chi connectivity index (χ3v) is 1.64. The van der Waals surface area contributed by atoms with Crippen LogP contribution in [0.5, 0.6) is 5.88 Å². The fourth-order valence-corrected chi connectivity index (χ4v) is 0.982. The SMILES string of the molecule is COc1ncc(CN)cc1B(O)O. The Hall–Kier alpha value is -1.11. The van der Waals surface area contributed by atoms with E-state index in [1.54, 1.807) is 6.07 Å². The quantitative estimate of drug-likeness (QED) is 0.481. The van der Waals surface area contributed by atoms with E-state index in [0.717, 1.165) is 5.56 Å². The molecule has 0 aliphatic rings. The number of hydrogen-bond donors (Lipinski definition) is 3. The van der Waals surface area contributed by atoms with Gasteiger partial charge in [0.2, 0.25) is 5.88 Å². The normalized spacial score (nSPS) is 9.85. The summed E-state index contributed by atoms with van der Waals surface area (Å²) in [6.45, 7) is 0.302. The van der Waals surface area contributed by atoms with Gasteiger partial charge in [-0.2, -0.15) is 0 Å². The molecule has 0 amide bonds. The maximum absolute atomic E-state index is 8.95. The molecule has 0 radical (unpaired) electrons. The highest BCUT2D eigenvalue weighted by molar-refractivity contribution is 6.59. The van der Waals surface area contributed by atoms with E-state index in [-0.39, 0.29) is 11.3 Å². The zero-order valence-corrected chi connectivity index (χ0v) is 7.27. The minimum Gasteiger partial charge on any atom is -0.481 e. The van der Waals surface area contributed by atoms with Gasteiger partial charge in [0.1, 0.15) is 0 Å². The molecule has 4 N–H and O–H groups in total. The zero-order chi connectivity index (χ0) is 9.84. The van der Waals surface area contributed by atoms with Gasteiger partial charge in [0.05, 0.1) is 7.11 Å². The van der Waals surface area contributed by atoms with Crippen molar-refractivity contribution in [2.45, 2.75) is 6.54 Å². The lowest BCUT2D eigenvalue weighted by atomic mass is 9.80. The average Bonchev–Trinajstić information content (AvgIpc) is 2.16. The Bertz CT molecular complexity index is 293. The lowest BCUT2D eigenvalue weighted by molar-refractivity contribution is 0.390. The van der Waals surface area contributed by atoms with Gasteiger partial charge in [-0.15, -0.1) is 0 Å². The smallest absolute Gasteiger partial charge is 0.481 e. The van der Waals surface area contributed by atoms with E-state index in [2.05, 4.69) is 4.98 Å². The Balaban J connectivity index is 3.10. The summed E-state index contributed by atoms with van der Waals surface area (Å²) in [5.74, 6) is 0.201. The molecule has 1 aromatic rings. The van der Waals surface area contributed by atoms with Crippen LogP contribution in [0.4, 0.5) is 0 Å². The van der Waals surface area contributed by atoms with E-state index >= 15 is 0 Å². The van der Waals surface area contributed by atoms with Gasteiger partial charge in [-0.3, -0.25) is 0 Å². The number of aromatic nitrogens is 1. The fraction of sp³-hybridized carbons (Fsp3) is 0.286. The third kappa shape index (κ3) is 2.18. The van der Waals surface area contributed by atoms with Gasteiger partial charge < -0.3 is 20.5 Å². The predicted molar refractivity (Wildman–Crippen MR) is 48.5 cm³/mol. The average molecular weight is 182 g/mol. The Kier molecular flexibility index (Phi) is 3.24. The number of hydrogen-bond acceptors (Lipinski definition) is 5. The van der Waals surface area contributed by atoms with Crippen LogP contribution in [0.25, 0.3) is 0 Å². The molecule has 0 aliphatic heterocycles. The molecule has 0 aliphatic carbocycles. The number of pyridine rings is 1. The van der Waals surface area contributed by atoms with Crippen LogP contribution < -0.4 is 15.9 Å². The minimum atomic E-state index is -1.59. The van der Waals surface area contributed by atoms with Crippen LogP contribution in [0.3, 0.4) is 0 Å². The van der Waals surface area contributed by atoms with Crippen LogP contribution in [-0.2, 0) is 6.54 Å². The molecule has 0 fully saturated rings. The molecule has 1 aromatic heterocycles. The van der Waals surface area contributed by atoms with Crippen LogP contribution in [0.2, 0.25) is 0 Å². The van der Waals surface area contributed by atoms with Gasteiger partial charge in [-0.25, -0.2) is 4.98 Å². The predicted octanol–water partition coefficient (Wildman–Crippen LogP) is -1.77. The summed E-state index contributed by atoms with van der Waals surface area (Å²) in [6.07, 6.45) is 1.53. The lowest BCUT2D eigenvalue weighted by Gasteiger charge is -2.07. The van der Waals surface area contributed by atoms with Crippen molar-refractivity contribution < 1.29 is 14.8 Å². The number of nitrogens with zero attached hydrogens (tertiary/aromatic N) is 1. The van der Waals surface area contributed by atoms with Crippen molar-refractivity contribution in [3.05, 3.63) is 17.8 Å². The molecule has 0 spiro atoms. The van der Waals surface area contributed by atoms with E-state index in [1.807, 2.05) is 0 Å². The Morgan fingerprint density at radius 1 is 1.62 bits per heavy atom. The van der Waals surface area contributed by atoms with Gasteiger partial charge >= 0.3 is 7.12 Å². The summed E-state index contributed by atoms with van der Waals surface area (Å²) in [7, 11) is -0.176. The summed E-state index contributed by atoms with van der Waals surface area (Å²) in [6, 6.07) is 1.55. The van der Waals surface area contributed by atoms with Crippen LogP contribution >= 0.6 is 0 Å². The van der Waals surface area contributed by atoms with Gasteiger partial charge in [0, 0.05) is 18.2 Å². The summed E-state index contributed by atoms with van der Waals surface area (Å²) in [5.41, 5.74) is 6.32. The van der Waals surface area contributed by atoms with E-state index in [9.17, 15) is 0 Å². The van der Waals surface area contributed by atoms with Crippen molar-refractivity contribution >= 4 is 12.6 Å². The maximum Gasteiger partial charge on any atom is 0.494 e. The molecule has 0 bridgehead atoms. The van der Waals surface area contributed by atoms with Crippen molar-refractivity contribution in [2.24, 2.45) is 5.73 Å². The lowest BCUT2D eigenvalue weighted by Crippen LogP contribution is -2.32. The largest absolute Gasteiger partial charge is 0.494 e. The van der Waals surface area contributed by atoms with Crippen molar-refractivity contribution in [1.29, 1.82) is 0 Å². The molecule has 13 heavy (non-hydrogen) atoms. The van der Waals surface area contributed by atoms with Gasteiger partial charge in [0.25, 0.3) is 0 Å². The van der Waals surface area contributed by atoms with E-state index in [1.165, 1.54) is 13.3 Å². The molecule has 1 heterocycles. The first-order valence-corrected chi connectivity index (χ1v) is 3.78. The van der Waals surface area contributed by atoms with Crippen LogP contribution in [0, 0.1) is 0 Å². The molecule has 1 rings (SSSR count). The van der Waals surface area contributed by atoms with Gasteiger partial charge in [-0.1, -0.05) is 6.07 Å². The minimum absolute atomic E-state index is 0.201. The van der Waals surface area contributed by atoms with E-state index in [4.69, 9.17) is 20.5 Å². The topological polar surface area (TPSA) is 88.6 Å². The highest BCUT2D eigenvalue weighted by Crippen LogP contribution is 2.04.